The van der Waals surface area contributed by atoms with Crippen molar-refractivity contribution in [2.75, 3.05) is 20.2 Å². The van der Waals surface area contributed by atoms with Crippen molar-refractivity contribution in [3.8, 4) is 5.88 Å². The van der Waals surface area contributed by atoms with E-state index in [1.807, 2.05) is 35.2 Å². The molecule has 0 aliphatic carbocycles. The number of carbonyl (C=O) groups excluding carboxylic acids is 1. The third kappa shape index (κ3) is 2.63. The molecule has 3 atom stereocenters. The number of pyridine rings is 1. The van der Waals surface area contributed by atoms with Gasteiger partial charge in [0.15, 0.2) is 5.72 Å². The number of hydrogen-bond donors (Lipinski definition) is 0. The Morgan fingerprint density at radius 1 is 1.30 bits per heavy atom. The van der Waals surface area contributed by atoms with Crippen molar-refractivity contribution in [2.45, 2.75) is 37.3 Å². The molecular weight excluding hydrogens is 342 g/mol. The lowest BCUT2D eigenvalue weighted by Crippen LogP contribution is -2.47. The summed E-state index contributed by atoms with van der Waals surface area (Å²) in [5.74, 6) is 0.822. The van der Waals surface area contributed by atoms with Crippen LogP contribution in [0, 0.1) is 0 Å². The summed E-state index contributed by atoms with van der Waals surface area (Å²) < 4.78 is 11.8. The van der Waals surface area contributed by atoms with E-state index in [0.29, 0.717) is 18.8 Å². The van der Waals surface area contributed by atoms with Crippen LogP contribution in [0.1, 0.15) is 30.1 Å². The van der Waals surface area contributed by atoms with Gasteiger partial charge in [-0.3, -0.25) is 9.69 Å². The third-order valence-corrected chi connectivity index (χ3v) is 6.10. The van der Waals surface area contributed by atoms with Crippen LogP contribution in [0.25, 0.3) is 0 Å². The highest BCUT2D eigenvalue weighted by molar-refractivity contribution is 5.81. The molecule has 1 aromatic heterocycles. The van der Waals surface area contributed by atoms with Crippen molar-refractivity contribution in [1.29, 1.82) is 0 Å². The van der Waals surface area contributed by atoms with Crippen molar-refractivity contribution in [1.82, 2.24) is 14.8 Å². The maximum Gasteiger partial charge on any atom is 0.226 e. The number of likely N-dealkylation sites (tertiary alicyclic amines) is 1. The van der Waals surface area contributed by atoms with Crippen LogP contribution in [0.2, 0.25) is 0 Å². The summed E-state index contributed by atoms with van der Waals surface area (Å²) >= 11 is 0. The van der Waals surface area contributed by atoms with Gasteiger partial charge < -0.3 is 14.4 Å². The molecule has 0 saturated carbocycles. The normalized spacial score (nSPS) is 29.8. The van der Waals surface area contributed by atoms with Gasteiger partial charge in [0, 0.05) is 38.2 Å². The Bertz CT molecular complexity index is 859. The highest BCUT2D eigenvalue weighted by atomic mass is 16.5. The monoisotopic (exact) mass is 365 g/mol. The first-order valence-electron chi connectivity index (χ1n) is 9.46. The molecular formula is C21H23N3O3. The van der Waals surface area contributed by atoms with Gasteiger partial charge in [0.05, 0.1) is 19.7 Å². The summed E-state index contributed by atoms with van der Waals surface area (Å²) in [7, 11) is 1.63. The van der Waals surface area contributed by atoms with Gasteiger partial charge in [0.1, 0.15) is 6.10 Å². The summed E-state index contributed by atoms with van der Waals surface area (Å²) in [4.78, 5) is 21.3. The Labute approximate surface area is 158 Å². The zero-order valence-electron chi connectivity index (χ0n) is 15.4. The Hall–Kier alpha value is -2.44. The molecule has 0 unspecified atom stereocenters. The van der Waals surface area contributed by atoms with Crippen LogP contribution in [0.4, 0.5) is 0 Å². The van der Waals surface area contributed by atoms with Crippen molar-refractivity contribution in [2.24, 2.45) is 0 Å². The minimum absolute atomic E-state index is 0.0427. The molecule has 4 heterocycles. The van der Waals surface area contributed by atoms with E-state index in [-0.39, 0.29) is 18.1 Å². The largest absolute Gasteiger partial charge is 0.481 e. The molecule has 2 aromatic rings. The fraction of sp³-hybridized carbons (Fsp3) is 0.429. The zero-order valence-corrected chi connectivity index (χ0v) is 15.4. The topological polar surface area (TPSA) is 54.9 Å². The second-order valence-corrected chi connectivity index (χ2v) is 7.51. The summed E-state index contributed by atoms with van der Waals surface area (Å²) in [6.45, 7) is 2.34. The number of amides is 1. The van der Waals surface area contributed by atoms with E-state index < -0.39 is 5.72 Å². The Kier molecular flexibility index (Phi) is 3.91. The van der Waals surface area contributed by atoms with E-state index in [1.54, 1.807) is 13.3 Å². The predicted octanol–water partition coefficient (Wildman–Crippen LogP) is 2.36. The second-order valence-electron chi connectivity index (χ2n) is 7.51. The van der Waals surface area contributed by atoms with E-state index in [9.17, 15) is 4.79 Å². The maximum absolute atomic E-state index is 12.7. The minimum Gasteiger partial charge on any atom is -0.481 e. The summed E-state index contributed by atoms with van der Waals surface area (Å²) in [6, 6.07) is 14.3. The minimum atomic E-state index is -0.477. The Morgan fingerprint density at radius 2 is 2.15 bits per heavy atom. The molecule has 27 heavy (non-hydrogen) atoms. The Balaban J connectivity index is 1.39. The smallest absolute Gasteiger partial charge is 0.226 e. The quantitative estimate of drug-likeness (QED) is 0.833. The highest BCUT2D eigenvalue weighted by Crippen LogP contribution is 2.50. The van der Waals surface area contributed by atoms with Crippen LogP contribution in [0.15, 0.2) is 48.7 Å². The third-order valence-electron chi connectivity index (χ3n) is 6.10. The number of benzene rings is 1. The highest BCUT2D eigenvalue weighted by Gasteiger charge is 2.63. The molecule has 1 spiro atoms. The van der Waals surface area contributed by atoms with Gasteiger partial charge in [-0.25, -0.2) is 4.98 Å². The molecule has 0 N–H and O–H groups in total. The number of ether oxygens (including phenoxy) is 2. The fourth-order valence-corrected chi connectivity index (χ4v) is 4.83. The zero-order chi connectivity index (χ0) is 18.4. The van der Waals surface area contributed by atoms with Gasteiger partial charge in [0.25, 0.3) is 0 Å². The van der Waals surface area contributed by atoms with Crippen LogP contribution >= 0.6 is 0 Å². The van der Waals surface area contributed by atoms with Crippen LogP contribution < -0.4 is 4.74 Å². The van der Waals surface area contributed by atoms with Gasteiger partial charge in [0.2, 0.25) is 11.8 Å². The molecule has 3 saturated heterocycles. The summed E-state index contributed by atoms with van der Waals surface area (Å²) in [6.07, 6.45) is 3.11. The lowest BCUT2D eigenvalue weighted by atomic mass is 10.1. The molecule has 3 aliphatic heterocycles. The molecule has 1 amide bonds. The molecule has 3 aliphatic rings. The van der Waals surface area contributed by atoms with E-state index in [4.69, 9.17) is 9.47 Å². The molecule has 0 radical (unpaired) electrons. The molecule has 6 nitrogen and oxygen atoms in total. The molecule has 6 heteroatoms. The van der Waals surface area contributed by atoms with Crippen LogP contribution in [0.3, 0.4) is 0 Å². The first kappa shape index (κ1) is 16.7. The fourth-order valence-electron chi connectivity index (χ4n) is 4.83. The standard InChI is InChI=1S/C21H23N3O3/c1-26-19-11-15(7-9-22-19)13-23-10-8-21-18(23)12-20(25)24(21)14-17(27-21)16-5-3-2-4-6-16/h2-7,9,11,17-18H,8,10,12-14H2,1H3/t17-,18-,21+/m1/s1. The summed E-state index contributed by atoms with van der Waals surface area (Å²) in [5, 5.41) is 0. The SMILES string of the molecule is COc1cc(CN2CC[C@@]34O[C@@H](c5ccccc5)CN3C(=O)C[C@@H]24)ccn1. The van der Waals surface area contributed by atoms with Crippen LogP contribution in [0.5, 0.6) is 5.88 Å². The first-order valence-corrected chi connectivity index (χ1v) is 9.46. The molecule has 5 rings (SSSR count). The van der Waals surface area contributed by atoms with Crippen molar-refractivity contribution >= 4 is 5.91 Å². The number of rotatable bonds is 4. The first-order chi connectivity index (χ1) is 13.2. The van der Waals surface area contributed by atoms with E-state index in [1.165, 1.54) is 0 Å². The average molecular weight is 365 g/mol. The number of carbonyl (C=O) groups is 1. The van der Waals surface area contributed by atoms with Gasteiger partial charge in [-0.1, -0.05) is 30.3 Å². The van der Waals surface area contributed by atoms with E-state index in [2.05, 4.69) is 22.0 Å². The second kappa shape index (κ2) is 6.32. The van der Waals surface area contributed by atoms with Crippen molar-refractivity contribution in [3.05, 3.63) is 59.8 Å². The predicted molar refractivity (Wildman–Crippen MR) is 98.9 cm³/mol. The number of methoxy groups -OCH3 is 1. The molecule has 1 aromatic carbocycles. The molecule has 3 fully saturated rings. The lowest BCUT2D eigenvalue weighted by Gasteiger charge is -2.32. The number of nitrogens with zero attached hydrogens (tertiary/aromatic N) is 3. The maximum atomic E-state index is 12.7. The van der Waals surface area contributed by atoms with Gasteiger partial charge >= 0.3 is 0 Å². The van der Waals surface area contributed by atoms with Crippen LogP contribution in [-0.2, 0) is 16.1 Å². The van der Waals surface area contributed by atoms with Gasteiger partial charge in [-0.05, 0) is 17.2 Å². The summed E-state index contributed by atoms with van der Waals surface area (Å²) in [5.41, 5.74) is 1.81. The molecule has 0 bridgehead atoms. The number of hydrogen-bond acceptors (Lipinski definition) is 5. The van der Waals surface area contributed by atoms with Crippen LogP contribution in [-0.4, -0.2) is 52.7 Å². The van der Waals surface area contributed by atoms with Crippen molar-refractivity contribution in [3.63, 3.8) is 0 Å². The van der Waals surface area contributed by atoms with Gasteiger partial charge in [-0.15, -0.1) is 0 Å². The average Bonchev–Trinajstić information content (AvgIpc) is 3.32. The lowest BCUT2D eigenvalue weighted by molar-refractivity contribution is -0.138. The molecule has 140 valence electrons. The number of aromatic nitrogens is 1. The Morgan fingerprint density at radius 3 is 2.96 bits per heavy atom. The van der Waals surface area contributed by atoms with E-state index >= 15 is 0 Å². The van der Waals surface area contributed by atoms with E-state index in [0.717, 1.165) is 30.6 Å². The van der Waals surface area contributed by atoms with Gasteiger partial charge in [-0.2, -0.15) is 0 Å². The van der Waals surface area contributed by atoms with Crippen molar-refractivity contribution < 1.29 is 14.3 Å².